The van der Waals surface area contributed by atoms with Gasteiger partial charge in [-0.1, -0.05) is 0 Å². The second-order valence-corrected chi connectivity index (χ2v) is 5.65. The van der Waals surface area contributed by atoms with Gasteiger partial charge < -0.3 is 4.90 Å². The molecule has 102 valence electrons. The largest absolute Gasteiger partial charge is 0.336 e. The molecule has 1 aromatic heterocycles. The molecule has 1 unspecified atom stereocenters. The van der Waals surface area contributed by atoms with Gasteiger partial charge in [0.05, 0.1) is 5.56 Å². The number of amides is 1. The second-order valence-electron chi connectivity index (χ2n) is 5.65. The molecule has 0 aromatic carbocycles. The first kappa shape index (κ1) is 12.6. The molecule has 1 aromatic rings. The van der Waals surface area contributed by atoms with Crippen molar-refractivity contribution in [3.63, 3.8) is 0 Å². The Bertz CT molecular complexity index is 436. The average molecular weight is 259 g/mol. The summed E-state index contributed by atoms with van der Waals surface area (Å²) in [5.74, 6) is 1.02. The Morgan fingerprint density at radius 2 is 2.05 bits per heavy atom. The Hall–Kier alpha value is -1.42. The fourth-order valence-corrected chi connectivity index (χ4v) is 2.88. The van der Waals surface area contributed by atoms with E-state index in [1.807, 2.05) is 17.0 Å². The van der Waals surface area contributed by atoms with Gasteiger partial charge in [0.1, 0.15) is 0 Å². The van der Waals surface area contributed by atoms with Gasteiger partial charge in [0.25, 0.3) is 5.91 Å². The van der Waals surface area contributed by atoms with Crippen LogP contribution in [0.15, 0.2) is 24.5 Å². The Kier molecular flexibility index (Phi) is 3.51. The van der Waals surface area contributed by atoms with Crippen LogP contribution in [0.4, 0.5) is 0 Å². The lowest BCUT2D eigenvalue weighted by Crippen LogP contribution is -2.51. The predicted octanol–water partition coefficient (Wildman–Crippen LogP) is 1.64. The van der Waals surface area contributed by atoms with Gasteiger partial charge in [-0.05, 0) is 37.8 Å². The standard InChI is InChI=1S/C15H21N3O/c1-12(13-4-5-13)17-7-9-18(10-8-17)15(19)14-3-2-6-16-11-14/h2-3,6,11-13H,4-5,7-10H2,1H3. The van der Waals surface area contributed by atoms with Gasteiger partial charge in [0.15, 0.2) is 0 Å². The summed E-state index contributed by atoms with van der Waals surface area (Å²) in [5, 5.41) is 0. The fourth-order valence-electron chi connectivity index (χ4n) is 2.88. The summed E-state index contributed by atoms with van der Waals surface area (Å²) in [6.07, 6.45) is 6.12. The van der Waals surface area contributed by atoms with E-state index >= 15 is 0 Å². The van der Waals surface area contributed by atoms with Gasteiger partial charge in [-0.15, -0.1) is 0 Å². The highest BCUT2D eigenvalue weighted by molar-refractivity contribution is 5.93. The zero-order chi connectivity index (χ0) is 13.2. The number of aromatic nitrogens is 1. The van der Waals surface area contributed by atoms with Gasteiger partial charge in [-0.2, -0.15) is 0 Å². The van der Waals surface area contributed by atoms with Crippen molar-refractivity contribution in [1.29, 1.82) is 0 Å². The van der Waals surface area contributed by atoms with E-state index in [4.69, 9.17) is 0 Å². The highest BCUT2D eigenvalue weighted by atomic mass is 16.2. The van der Waals surface area contributed by atoms with Crippen LogP contribution in [-0.2, 0) is 0 Å². The monoisotopic (exact) mass is 259 g/mol. The van der Waals surface area contributed by atoms with Crippen molar-refractivity contribution < 1.29 is 4.79 Å². The molecule has 0 spiro atoms. The molecule has 1 aliphatic carbocycles. The summed E-state index contributed by atoms with van der Waals surface area (Å²) in [6, 6.07) is 4.35. The summed E-state index contributed by atoms with van der Waals surface area (Å²) in [4.78, 5) is 20.8. The number of hydrogen-bond acceptors (Lipinski definition) is 3. The molecule has 0 radical (unpaired) electrons. The van der Waals surface area contributed by atoms with E-state index in [1.165, 1.54) is 12.8 Å². The Morgan fingerprint density at radius 3 is 2.63 bits per heavy atom. The van der Waals surface area contributed by atoms with Crippen LogP contribution in [0.25, 0.3) is 0 Å². The van der Waals surface area contributed by atoms with E-state index in [9.17, 15) is 4.79 Å². The zero-order valence-corrected chi connectivity index (χ0v) is 11.5. The van der Waals surface area contributed by atoms with Crippen molar-refractivity contribution >= 4 is 5.91 Å². The van der Waals surface area contributed by atoms with Crippen molar-refractivity contribution in [2.24, 2.45) is 5.92 Å². The molecule has 4 heteroatoms. The number of hydrogen-bond donors (Lipinski definition) is 0. The third-order valence-electron chi connectivity index (χ3n) is 4.39. The van der Waals surface area contributed by atoms with E-state index in [0.717, 1.165) is 32.1 Å². The molecule has 2 fully saturated rings. The molecule has 0 bridgehead atoms. The molecular weight excluding hydrogens is 238 g/mol. The molecular formula is C15H21N3O. The van der Waals surface area contributed by atoms with Gasteiger partial charge >= 0.3 is 0 Å². The third-order valence-corrected chi connectivity index (χ3v) is 4.39. The lowest BCUT2D eigenvalue weighted by molar-refractivity contribution is 0.0563. The van der Waals surface area contributed by atoms with Crippen LogP contribution in [0.5, 0.6) is 0 Å². The summed E-state index contributed by atoms with van der Waals surface area (Å²) in [6.45, 7) is 6.01. The molecule has 4 nitrogen and oxygen atoms in total. The van der Waals surface area contributed by atoms with Crippen LogP contribution in [-0.4, -0.2) is 52.9 Å². The SMILES string of the molecule is CC(C1CC1)N1CCN(C(=O)c2cccnc2)CC1. The predicted molar refractivity (Wildman–Crippen MR) is 73.9 cm³/mol. The summed E-state index contributed by atoms with van der Waals surface area (Å²) in [7, 11) is 0. The molecule has 3 rings (SSSR count). The third kappa shape index (κ3) is 2.78. The maximum absolute atomic E-state index is 12.3. The van der Waals surface area contributed by atoms with E-state index in [0.29, 0.717) is 11.6 Å². The minimum absolute atomic E-state index is 0.117. The van der Waals surface area contributed by atoms with Gasteiger partial charge in [-0.3, -0.25) is 14.7 Å². The van der Waals surface area contributed by atoms with Crippen molar-refractivity contribution in [2.45, 2.75) is 25.8 Å². The Balaban J connectivity index is 1.56. The minimum atomic E-state index is 0.117. The van der Waals surface area contributed by atoms with Crippen LogP contribution in [0.2, 0.25) is 0 Å². The van der Waals surface area contributed by atoms with E-state index < -0.39 is 0 Å². The number of carbonyl (C=O) groups is 1. The fraction of sp³-hybridized carbons (Fsp3) is 0.600. The van der Waals surface area contributed by atoms with Crippen LogP contribution in [0, 0.1) is 5.92 Å². The molecule has 1 aliphatic heterocycles. The quantitative estimate of drug-likeness (QED) is 0.828. The number of pyridine rings is 1. The molecule has 0 N–H and O–H groups in total. The first-order chi connectivity index (χ1) is 9.25. The highest BCUT2D eigenvalue weighted by Gasteiger charge is 2.34. The van der Waals surface area contributed by atoms with Crippen molar-refractivity contribution in [3.05, 3.63) is 30.1 Å². The lowest BCUT2D eigenvalue weighted by atomic mass is 10.1. The second kappa shape index (κ2) is 5.29. The first-order valence-electron chi connectivity index (χ1n) is 7.19. The minimum Gasteiger partial charge on any atom is -0.336 e. The van der Waals surface area contributed by atoms with Gasteiger partial charge in [-0.25, -0.2) is 0 Å². The number of rotatable bonds is 3. The molecule has 1 atom stereocenters. The van der Waals surface area contributed by atoms with E-state index in [-0.39, 0.29) is 5.91 Å². The van der Waals surface area contributed by atoms with Gasteiger partial charge in [0, 0.05) is 44.6 Å². The maximum atomic E-state index is 12.3. The van der Waals surface area contributed by atoms with Crippen LogP contribution < -0.4 is 0 Å². The molecule has 1 saturated carbocycles. The molecule has 19 heavy (non-hydrogen) atoms. The number of carbonyl (C=O) groups excluding carboxylic acids is 1. The van der Waals surface area contributed by atoms with Crippen molar-refractivity contribution in [2.75, 3.05) is 26.2 Å². The molecule has 2 heterocycles. The smallest absolute Gasteiger partial charge is 0.255 e. The molecule has 1 saturated heterocycles. The Labute approximate surface area is 114 Å². The summed E-state index contributed by atoms with van der Waals surface area (Å²) < 4.78 is 0. The van der Waals surface area contributed by atoms with Crippen LogP contribution in [0.1, 0.15) is 30.1 Å². The highest BCUT2D eigenvalue weighted by Crippen LogP contribution is 2.35. The summed E-state index contributed by atoms with van der Waals surface area (Å²) >= 11 is 0. The topological polar surface area (TPSA) is 36.4 Å². The number of piperazine rings is 1. The number of nitrogens with zero attached hydrogens (tertiary/aromatic N) is 3. The normalized spacial score (nSPS) is 22.3. The molecule has 1 amide bonds. The lowest BCUT2D eigenvalue weighted by Gasteiger charge is -2.38. The van der Waals surface area contributed by atoms with Crippen LogP contribution >= 0.6 is 0 Å². The first-order valence-corrected chi connectivity index (χ1v) is 7.19. The van der Waals surface area contributed by atoms with Crippen LogP contribution in [0.3, 0.4) is 0 Å². The van der Waals surface area contributed by atoms with Crippen molar-refractivity contribution in [1.82, 2.24) is 14.8 Å². The summed E-state index contributed by atoms with van der Waals surface area (Å²) in [5.41, 5.74) is 0.700. The zero-order valence-electron chi connectivity index (χ0n) is 11.5. The van der Waals surface area contributed by atoms with Crippen molar-refractivity contribution in [3.8, 4) is 0 Å². The maximum Gasteiger partial charge on any atom is 0.255 e. The van der Waals surface area contributed by atoms with E-state index in [1.54, 1.807) is 12.4 Å². The average Bonchev–Trinajstić information content (AvgIpc) is 3.31. The van der Waals surface area contributed by atoms with E-state index in [2.05, 4.69) is 16.8 Å². The van der Waals surface area contributed by atoms with Gasteiger partial charge in [0.2, 0.25) is 0 Å². The Morgan fingerprint density at radius 1 is 1.32 bits per heavy atom. The molecule has 2 aliphatic rings.